The van der Waals surface area contributed by atoms with E-state index in [2.05, 4.69) is 6.07 Å². The second-order valence-corrected chi connectivity index (χ2v) is 4.45. The van der Waals surface area contributed by atoms with Crippen molar-refractivity contribution in [3.05, 3.63) is 34.9 Å². The Kier molecular flexibility index (Phi) is 3.75. The van der Waals surface area contributed by atoms with Crippen LogP contribution in [0.25, 0.3) is 0 Å². The average Bonchev–Trinajstić information content (AvgIpc) is 2.13. The fourth-order valence-electron chi connectivity index (χ4n) is 1.53. The van der Waals surface area contributed by atoms with Crippen LogP contribution in [0.4, 0.5) is 0 Å². The minimum absolute atomic E-state index is 0.0818. The molecule has 1 amide bonds. The monoisotopic (exact) mass is 225 g/mol. The first-order valence-electron chi connectivity index (χ1n) is 4.85. The van der Waals surface area contributed by atoms with Gasteiger partial charge in [-0.2, -0.15) is 0 Å². The van der Waals surface area contributed by atoms with E-state index in [1.807, 2.05) is 26.0 Å². The maximum atomic E-state index is 11.7. The Balaban J connectivity index is 3.00. The molecule has 3 heteroatoms. The third kappa shape index (κ3) is 2.96. The molecule has 2 nitrogen and oxygen atoms in total. The van der Waals surface area contributed by atoms with E-state index in [-0.39, 0.29) is 5.91 Å². The van der Waals surface area contributed by atoms with Crippen LogP contribution >= 0.6 is 11.6 Å². The highest BCUT2D eigenvalue weighted by atomic mass is 35.5. The van der Waals surface area contributed by atoms with Gasteiger partial charge in [0, 0.05) is 14.1 Å². The molecule has 0 aromatic heterocycles. The SMILES string of the molecule is Cc1cc(C)cc(C(Cl)C(=O)N(C)C)c1. The lowest BCUT2D eigenvalue weighted by atomic mass is 10.0. The van der Waals surface area contributed by atoms with Crippen molar-refractivity contribution in [3.8, 4) is 0 Å². The molecule has 1 atom stereocenters. The first-order valence-corrected chi connectivity index (χ1v) is 5.29. The van der Waals surface area contributed by atoms with E-state index < -0.39 is 5.38 Å². The summed E-state index contributed by atoms with van der Waals surface area (Å²) in [6.07, 6.45) is 0. The molecule has 0 fully saturated rings. The highest BCUT2D eigenvalue weighted by molar-refractivity contribution is 6.30. The molecule has 0 saturated carbocycles. The van der Waals surface area contributed by atoms with Gasteiger partial charge < -0.3 is 4.90 Å². The molecule has 1 aromatic rings. The van der Waals surface area contributed by atoms with E-state index >= 15 is 0 Å². The Hall–Kier alpha value is -1.02. The fourth-order valence-corrected chi connectivity index (χ4v) is 1.85. The second-order valence-electron chi connectivity index (χ2n) is 4.02. The first-order chi connectivity index (χ1) is 6.91. The summed E-state index contributed by atoms with van der Waals surface area (Å²) in [6.45, 7) is 4.00. The minimum Gasteiger partial charge on any atom is -0.347 e. The van der Waals surface area contributed by atoms with Crippen molar-refractivity contribution in [3.63, 3.8) is 0 Å². The molecular weight excluding hydrogens is 210 g/mol. The molecule has 15 heavy (non-hydrogen) atoms. The first kappa shape index (κ1) is 12.1. The van der Waals surface area contributed by atoms with Crippen molar-refractivity contribution in [1.29, 1.82) is 0 Å². The quantitative estimate of drug-likeness (QED) is 0.709. The number of rotatable bonds is 2. The summed E-state index contributed by atoms with van der Waals surface area (Å²) in [5, 5.41) is -0.585. The molecule has 82 valence electrons. The Morgan fingerprint density at radius 3 is 2.07 bits per heavy atom. The van der Waals surface area contributed by atoms with Crippen LogP contribution in [0.1, 0.15) is 22.1 Å². The summed E-state index contributed by atoms with van der Waals surface area (Å²) in [7, 11) is 3.42. The summed E-state index contributed by atoms with van der Waals surface area (Å²) in [5.41, 5.74) is 3.12. The lowest BCUT2D eigenvalue weighted by Gasteiger charge is -2.16. The van der Waals surface area contributed by atoms with Gasteiger partial charge in [-0.25, -0.2) is 0 Å². The van der Waals surface area contributed by atoms with Crippen molar-refractivity contribution in [2.24, 2.45) is 0 Å². The van der Waals surface area contributed by atoms with Crippen LogP contribution < -0.4 is 0 Å². The number of amides is 1. The number of benzene rings is 1. The van der Waals surface area contributed by atoms with Crippen LogP contribution in [-0.2, 0) is 4.79 Å². The van der Waals surface area contributed by atoms with Crippen LogP contribution in [0.3, 0.4) is 0 Å². The number of nitrogens with zero attached hydrogens (tertiary/aromatic N) is 1. The zero-order chi connectivity index (χ0) is 11.6. The Morgan fingerprint density at radius 2 is 1.67 bits per heavy atom. The summed E-state index contributed by atoms with van der Waals surface area (Å²) in [6, 6.07) is 5.96. The molecule has 0 aliphatic rings. The number of carbonyl (C=O) groups excluding carboxylic acids is 1. The maximum absolute atomic E-state index is 11.7. The Bertz CT molecular complexity index is 354. The highest BCUT2D eigenvalue weighted by Gasteiger charge is 2.19. The van der Waals surface area contributed by atoms with Crippen molar-refractivity contribution >= 4 is 17.5 Å². The summed E-state index contributed by atoms with van der Waals surface area (Å²) in [5.74, 6) is -0.0818. The number of halogens is 1. The van der Waals surface area contributed by atoms with Crippen LogP contribution in [0.5, 0.6) is 0 Å². The zero-order valence-corrected chi connectivity index (χ0v) is 10.3. The van der Waals surface area contributed by atoms with Gasteiger partial charge in [-0.05, 0) is 19.4 Å². The number of hydrogen-bond donors (Lipinski definition) is 0. The lowest BCUT2D eigenvalue weighted by Crippen LogP contribution is -2.25. The topological polar surface area (TPSA) is 20.3 Å². The van der Waals surface area contributed by atoms with Gasteiger partial charge in [0.15, 0.2) is 0 Å². The molecule has 0 aliphatic carbocycles. The van der Waals surface area contributed by atoms with Crippen LogP contribution in [0.15, 0.2) is 18.2 Å². The summed E-state index contributed by atoms with van der Waals surface area (Å²) < 4.78 is 0. The van der Waals surface area contributed by atoms with Crippen LogP contribution in [0.2, 0.25) is 0 Å². The number of likely N-dealkylation sites (N-methyl/N-ethyl adjacent to an activating group) is 1. The second kappa shape index (κ2) is 4.67. The van der Waals surface area contributed by atoms with Gasteiger partial charge >= 0.3 is 0 Å². The highest BCUT2D eigenvalue weighted by Crippen LogP contribution is 2.24. The van der Waals surface area contributed by atoms with Gasteiger partial charge in [0.1, 0.15) is 5.38 Å². The minimum atomic E-state index is -0.585. The van der Waals surface area contributed by atoms with Gasteiger partial charge in [-0.15, -0.1) is 11.6 Å². The van der Waals surface area contributed by atoms with E-state index in [0.717, 1.165) is 16.7 Å². The van der Waals surface area contributed by atoms with Gasteiger partial charge in [-0.3, -0.25) is 4.79 Å². The number of alkyl halides is 1. The van der Waals surface area contributed by atoms with Gasteiger partial charge in [0.2, 0.25) is 5.91 Å². The Labute approximate surface area is 95.8 Å². The molecule has 1 unspecified atom stereocenters. The van der Waals surface area contributed by atoms with Crippen LogP contribution in [0, 0.1) is 13.8 Å². The molecule has 0 bridgehead atoms. The predicted octanol–water partition coefficient (Wildman–Crippen LogP) is 2.67. The third-order valence-corrected chi connectivity index (χ3v) is 2.63. The molecule has 0 radical (unpaired) electrons. The lowest BCUT2D eigenvalue weighted by molar-refractivity contribution is -0.128. The average molecular weight is 226 g/mol. The third-order valence-electron chi connectivity index (χ3n) is 2.19. The van der Waals surface area contributed by atoms with E-state index in [1.165, 1.54) is 4.90 Å². The normalized spacial score (nSPS) is 12.3. The molecule has 0 saturated heterocycles. The molecule has 0 heterocycles. The molecule has 1 rings (SSSR count). The van der Waals surface area contributed by atoms with E-state index in [9.17, 15) is 4.79 Å². The smallest absolute Gasteiger partial charge is 0.244 e. The Morgan fingerprint density at radius 1 is 1.20 bits per heavy atom. The summed E-state index contributed by atoms with van der Waals surface area (Å²) in [4.78, 5) is 13.2. The van der Waals surface area contributed by atoms with Crippen molar-refractivity contribution in [1.82, 2.24) is 4.90 Å². The van der Waals surface area contributed by atoms with Gasteiger partial charge in [-0.1, -0.05) is 29.3 Å². The number of aryl methyl sites for hydroxylation is 2. The van der Waals surface area contributed by atoms with Crippen molar-refractivity contribution < 1.29 is 4.79 Å². The standard InChI is InChI=1S/C12H16ClNO/c1-8-5-9(2)7-10(6-8)11(13)12(15)14(3)4/h5-7,11H,1-4H3. The van der Waals surface area contributed by atoms with Gasteiger partial charge in [0.25, 0.3) is 0 Å². The van der Waals surface area contributed by atoms with Crippen LogP contribution in [-0.4, -0.2) is 24.9 Å². The predicted molar refractivity (Wildman–Crippen MR) is 63.2 cm³/mol. The molecular formula is C12H16ClNO. The molecule has 0 spiro atoms. The van der Waals surface area contributed by atoms with E-state index in [1.54, 1.807) is 14.1 Å². The van der Waals surface area contributed by atoms with Crippen molar-refractivity contribution in [2.45, 2.75) is 19.2 Å². The largest absolute Gasteiger partial charge is 0.347 e. The fraction of sp³-hybridized carbons (Fsp3) is 0.417. The van der Waals surface area contributed by atoms with E-state index in [0.29, 0.717) is 0 Å². The number of carbonyl (C=O) groups is 1. The molecule has 0 N–H and O–H groups in total. The maximum Gasteiger partial charge on any atom is 0.244 e. The molecule has 0 aliphatic heterocycles. The summed E-state index contributed by atoms with van der Waals surface area (Å²) >= 11 is 6.10. The molecule has 1 aromatic carbocycles. The van der Waals surface area contributed by atoms with E-state index in [4.69, 9.17) is 11.6 Å². The van der Waals surface area contributed by atoms with Gasteiger partial charge in [0.05, 0.1) is 0 Å². The number of hydrogen-bond acceptors (Lipinski definition) is 1. The van der Waals surface area contributed by atoms with Crippen molar-refractivity contribution in [2.75, 3.05) is 14.1 Å². The zero-order valence-electron chi connectivity index (χ0n) is 9.54.